The van der Waals surface area contributed by atoms with Crippen LogP contribution in [0.1, 0.15) is 23.8 Å². The van der Waals surface area contributed by atoms with Crippen molar-refractivity contribution in [2.45, 2.75) is 13.3 Å². The van der Waals surface area contributed by atoms with E-state index in [-0.39, 0.29) is 11.6 Å². The summed E-state index contributed by atoms with van der Waals surface area (Å²) in [5.74, 6) is 0.0743. The van der Waals surface area contributed by atoms with Crippen LogP contribution in [0.15, 0.2) is 12.4 Å². The monoisotopic (exact) mass is 278 g/mol. The van der Waals surface area contributed by atoms with Crippen molar-refractivity contribution in [3.63, 3.8) is 0 Å². The first-order valence-electron chi connectivity index (χ1n) is 6.37. The Hall–Kier alpha value is -2.18. The Bertz CT molecular complexity index is 534. The molecule has 0 spiro atoms. The Balaban J connectivity index is 2.18. The quantitative estimate of drug-likeness (QED) is 0.797. The summed E-state index contributed by atoms with van der Waals surface area (Å²) in [5, 5.41) is 2.68. The van der Waals surface area contributed by atoms with E-state index in [9.17, 15) is 9.59 Å². The molecule has 1 aliphatic rings. The summed E-state index contributed by atoms with van der Waals surface area (Å²) in [6, 6.07) is 0. The molecule has 1 atom stereocenters. The number of nitrogens with one attached hydrogen (secondary N) is 1. The Morgan fingerprint density at radius 1 is 1.45 bits per heavy atom. The smallest absolute Gasteiger partial charge is 0.358 e. The van der Waals surface area contributed by atoms with Gasteiger partial charge < -0.3 is 15.0 Å². The van der Waals surface area contributed by atoms with Crippen LogP contribution in [0.4, 0.5) is 5.82 Å². The highest BCUT2D eigenvalue weighted by atomic mass is 16.5. The highest BCUT2D eigenvalue weighted by Gasteiger charge is 2.40. The number of nitrogens with zero attached hydrogens (tertiary/aromatic N) is 3. The minimum absolute atomic E-state index is 0.0112. The van der Waals surface area contributed by atoms with E-state index >= 15 is 0 Å². The van der Waals surface area contributed by atoms with Crippen molar-refractivity contribution in [2.24, 2.45) is 5.41 Å². The van der Waals surface area contributed by atoms with Crippen molar-refractivity contribution in [3.05, 3.63) is 18.1 Å². The lowest BCUT2D eigenvalue weighted by molar-refractivity contribution is -0.128. The van der Waals surface area contributed by atoms with E-state index in [4.69, 9.17) is 0 Å². The van der Waals surface area contributed by atoms with E-state index < -0.39 is 11.4 Å². The van der Waals surface area contributed by atoms with Crippen LogP contribution in [0.5, 0.6) is 0 Å². The van der Waals surface area contributed by atoms with Gasteiger partial charge in [-0.15, -0.1) is 0 Å². The summed E-state index contributed by atoms with van der Waals surface area (Å²) in [6.07, 6.45) is 3.68. The number of hydrogen-bond donors (Lipinski definition) is 1. The van der Waals surface area contributed by atoms with Gasteiger partial charge in [-0.1, -0.05) is 0 Å². The van der Waals surface area contributed by atoms with Crippen LogP contribution in [0.3, 0.4) is 0 Å². The summed E-state index contributed by atoms with van der Waals surface area (Å²) in [6.45, 7) is 3.17. The van der Waals surface area contributed by atoms with Gasteiger partial charge in [0.2, 0.25) is 5.91 Å². The van der Waals surface area contributed by atoms with Crippen molar-refractivity contribution in [1.29, 1.82) is 0 Å². The zero-order valence-electron chi connectivity index (χ0n) is 11.8. The first kappa shape index (κ1) is 14.2. The molecule has 20 heavy (non-hydrogen) atoms. The van der Waals surface area contributed by atoms with E-state index in [1.54, 1.807) is 13.2 Å². The molecular formula is C13H18N4O3. The minimum atomic E-state index is -0.521. The fourth-order valence-electron chi connectivity index (χ4n) is 2.35. The lowest BCUT2D eigenvalue weighted by Crippen LogP contribution is -2.39. The molecule has 1 amide bonds. The van der Waals surface area contributed by atoms with Crippen LogP contribution in [0, 0.1) is 5.41 Å². The maximum absolute atomic E-state index is 11.9. The van der Waals surface area contributed by atoms with E-state index in [1.165, 1.54) is 13.3 Å². The number of rotatable bonds is 3. The summed E-state index contributed by atoms with van der Waals surface area (Å²) in [5.41, 5.74) is -0.281. The molecule has 1 N–H and O–H groups in total. The Kier molecular flexibility index (Phi) is 3.87. The Labute approximate surface area is 117 Å². The Morgan fingerprint density at radius 3 is 2.85 bits per heavy atom. The van der Waals surface area contributed by atoms with Gasteiger partial charge in [0.25, 0.3) is 0 Å². The van der Waals surface area contributed by atoms with Gasteiger partial charge >= 0.3 is 5.97 Å². The zero-order chi connectivity index (χ0) is 14.8. The number of aromatic nitrogens is 2. The number of esters is 1. The van der Waals surface area contributed by atoms with Crippen LogP contribution in [0.25, 0.3) is 0 Å². The average Bonchev–Trinajstić information content (AvgIpc) is 2.89. The van der Waals surface area contributed by atoms with Crippen molar-refractivity contribution >= 4 is 17.7 Å². The molecule has 1 saturated heterocycles. The number of carbonyl (C=O) groups excluding carboxylic acids is 2. The van der Waals surface area contributed by atoms with E-state index in [2.05, 4.69) is 20.0 Å². The number of methoxy groups -OCH3 is 1. The molecule has 1 unspecified atom stereocenters. The van der Waals surface area contributed by atoms with Crippen molar-refractivity contribution < 1.29 is 14.3 Å². The number of ether oxygens (including phenoxy) is 1. The first-order chi connectivity index (χ1) is 9.50. The first-order valence-corrected chi connectivity index (χ1v) is 6.37. The normalized spacial score (nSPS) is 21.6. The van der Waals surface area contributed by atoms with E-state index in [1.807, 2.05) is 11.8 Å². The summed E-state index contributed by atoms with van der Waals surface area (Å²) in [4.78, 5) is 33.5. The third kappa shape index (κ3) is 2.56. The maximum atomic E-state index is 11.9. The molecule has 0 radical (unpaired) electrons. The number of amides is 1. The highest BCUT2D eigenvalue weighted by molar-refractivity contribution is 5.87. The van der Waals surface area contributed by atoms with Crippen LogP contribution in [-0.4, -0.2) is 49.1 Å². The number of hydrogen-bond acceptors (Lipinski definition) is 6. The number of carbonyl (C=O) groups is 2. The molecule has 108 valence electrons. The van der Waals surface area contributed by atoms with E-state index in [0.29, 0.717) is 18.9 Å². The van der Waals surface area contributed by atoms with Crippen LogP contribution >= 0.6 is 0 Å². The molecule has 7 heteroatoms. The van der Waals surface area contributed by atoms with E-state index in [0.717, 1.165) is 6.42 Å². The van der Waals surface area contributed by atoms with Crippen LogP contribution in [0.2, 0.25) is 0 Å². The molecule has 0 saturated carbocycles. The fraction of sp³-hybridized carbons (Fsp3) is 0.538. The van der Waals surface area contributed by atoms with Crippen LogP contribution < -0.4 is 10.2 Å². The van der Waals surface area contributed by atoms with Crippen molar-refractivity contribution in [1.82, 2.24) is 15.3 Å². The molecule has 7 nitrogen and oxygen atoms in total. The van der Waals surface area contributed by atoms with Crippen molar-refractivity contribution in [2.75, 3.05) is 32.1 Å². The molecule has 0 aromatic carbocycles. The molecule has 1 aromatic rings. The van der Waals surface area contributed by atoms with Crippen LogP contribution in [-0.2, 0) is 9.53 Å². The van der Waals surface area contributed by atoms with Gasteiger partial charge in [-0.05, 0) is 13.3 Å². The second-order valence-corrected chi connectivity index (χ2v) is 5.07. The lowest BCUT2D eigenvalue weighted by Gasteiger charge is -2.23. The summed E-state index contributed by atoms with van der Waals surface area (Å²) >= 11 is 0. The number of anilines is 1. The molecule has 1 aliphatic heterocycles. The summed E-state index contributed by atoms with van der Waals surface area (Å²) < 4.78 is 4.63. The Morgan fingerprint density at radius 2 is 2.20 bits per heavy atom. The molecule has 0 bridgehead atoms. The van der Waals surface area contributed by atoms with Gasteiger partial charge in [-0.3, -0.25) is 9.78 Å². The molecule has 1 fully saturated rings. The average molecular weight is 278 g/mol. The van der Waals surface area contributed by atoms with Gasteiger partial charge in [0.05, 0.1) is 24.9 Å². The van der Waals surface area contributed by atoms with Gasteiger partial charge in [0, 0.05) is 20.1 Å². The fourth-order valence-corrected chi connectivity index (χ4v) is 2.35. The molecule has 2 heterocycles. The molecule has 0 aliphatic carbocycles. The molecule has 1 aromatic heterocycles. The maximum Gasteiger partial charge on any atom is 0.358 e. The molecule has 2 rings (SSSR count). The SMILES string of the molecule is CNC(=O)C1(C)CCN(c2cncc(C(=O)OC)n2)C1. The third-order valence-electron chi connectivity index (χ3n) is 3.59. The predicted octanol–water partition coefficient (Wildman–Crippen LogP) is 0.226. The van der Waals surface area contributed by atoms with Gasteiger partial charge in [-0.25, -0.2) is 9.78 Å². The molecular weight excluding hydrogens is 260 g/mol. The van der Waals surface area contributed by atoms with Crippen molar-refractivity contribution in [3.8, 4) is 0 Å². The van der Waals surface area contributed by atoms with Gasteiger partial charge in [-0.2, -0.15) is 0 Å². The highest BCUT2D eigenvalue weighted by Crippen LogP contribution is 2.32. The predicted molar refractivity (Wildman–Crippen MR) is 72.4 cm³/mol. The lowest BCUT2D eigenvalue weighted by atomic mass is 9.89. The second kappa shape index (κ2) is 5.44. The third-order valence-corrected chi connectivity index (χ3v) is 3.59. The zero-order valence-corrected chi connectivity index (χ0v) is 11.8. The van der Waals surface area contributed by atoms with Gasteiger partial charge in [0.15, 0.2) is 5.69 Å². The minimum Gasteiger partial charge on any atom is -0.464 e. The largest absolute Gasteiger partial charge is 0.464 e. The topological polar surface area (TPSA) is 84.4 Å². The van der Waals surface area contributed by atoms with Gasteiger partial charge in [0.1, 0.15) is 5.82 Å². The standard InChI is InChI=1S/C13H18N4O3/c1-13(12(19)14-2)4-5-17(8-13)10-7-15-6-9(16-10)11(18)20-3/h6-7H,4-5,8H2,1-3H3,(H,14,19). The summed E-state index contributed by atoms with van der Waals surface area (Å²) in [7, 11) is 2.93. The second-order valence-electron chi connectivity index (χ2n) is 5.07.